The van der Waals surface area contributed by atoms with Gasteiger partial charge in [0.05, 0.1) is 0 Å². The largest absolute Gasteiger partial charge is 0.282 e. The molecule has 0 aliphatic heterocycles. The van der Waals surface area contributed by atoms with Gasteiger partial charge in [-0.25, -0.2) is 0 Å². The summed E-state index contributed by atoms with van der Waals surface area (Å²) in [7, 11) is 0. The summed E-state index contributed by atoms with van der Waals surface area (Å²) in [4.78, 5) is 9.21. The van der Waals surface area contributed by atoms with E-state index in [9.17, 15) is 4.79 Å². The molecule has 0 rings (SSSR count). The van der Waals surface area contributed by atoms with Gasteiger partial charge >= 0.3 is 0 Å². The molecule has 0 atom stereocenters. The molecule has 0 unspecified atom stereocenters. The van der Waals surface area contributed by atoms with E-state index >= 15 is 0 Å². The Balaban J connectivity index is -0.00000000750. The molecule has 0 spiro atoms. The van der Waals surface area contributed by atoms with Gasteiger partial charge in [0.1, 0.15) is 0 Å². The van der Waals surface area contributed by atoms with Gasteiger partial charge in [-0.1, -0.05) is 0 Å². The van der Waals surface area contributed by atoms with Gasteiger partial charge < -0.3 is 0 Å². The Morgan fingerprint density at radius 2 is 1.12 bits per heavy atom. The van der Waals surface area contributed by atoms with Crippen molar-refractivity contribution in [1.29, 1.82) is 0 Å². The Morgan fingerprint density at radius 3 is 1.12 bits per heavy atom. The van der Waals surface area contributed by atoms with Crippen molar-refractivity contribution >= 4 is 66.5 Å². The third-order valence-electron chi connectivity index (χ3n) is 0. The fourth-order valence-electron chi connectivity index (χ4n) is 0. The lowest BCUT2D eigenvalue weighted by molar-refractivity contribution is -0.109. The highest BCUT2D eigenvalue weighted by Crippen LogP contribution is 1.67. The summed E-state index contributed by atoms with van der Waals surface area (Å²) >= 11 is 4.64. The molecule has 1 nitrogen and oxygen atoms in total. The van der Waals surface area contributed by atoms with Gasteiger partial charge in [0.25, 0.3) is 0 Å². The van der Waals surface area contributed by atoms with Crippen molar-refractivity contribution in [2.24, 2.45) is 0 Å². The second kappa shape index (κ2) is 24.3. The van der Waals surface area contributed by atoms with E-state index in [2.05, 4.69) is 11.6 Å². The van der Waals surface area contributed by atoms with E-state index in [4.69, 9.17) is 0 Å². The first-order valence-electron chi connectivity index (χ1n) is 0.893. The zero-order valence-corrected chi connectivity index (χ0v) is 7.94. The Hall–Kier alpha value is 1.12. The van der Waals surface area contributed by atoms with Crippen molar-refractivity contribution in [3.05, 3.63) is 0 Å². The molecule has 0 aliphatic carbocycles. The maximum Gasteiger partial charge on any atom is 0.218 e. The molecule has 0 amide bonds. The standard InChI is InChI=1S/C2H3ClO.4ClH/c1-2(3)4;;;;/h1H3;4*1H. The highest BCUT2D eigenvalue weighted by Gasteiger charge is 1.67. The number of hydrogen-bond acceptors (Lipinski definition) is 1. The van der Waals surface area contributed by atoms with E-state index < -0.39 is 0 Å². The number of carbonyl (C=O) groups is 1. The fourth-order valence-corrected chi connectivity index (χ4v) is 0. The summed E-state index contributed by atoms with van der Waals surface area (Å²) in [6.07, 6.45) is 0. The summed E-state index contributed by atoms with van der Waals surface area (Å²) in [6.45, 7) is 1.29. The Morgan fingerprint density at radius 1 is 1.12 bits per heavy atom. The third-order valence-corrected chi connectivity index (χ3v) is 0. The van der Waals surface area contributed by atoms with Crippen molar-refractivity contribution in [1.82, 2.24) is 0 Å². The minimum atomic E-state index is -0.361. The van der Waals surface area contributed by atoms with E-state index in [-0.39, 0.29) is 54.9 Å². The van der Waals surface area contributed by atoms with Crippen molar-refractivity contribution in [3.8, 4) is 0 Å². The maximum atomic E-state index is 9.21. The second-order valence-electron chi connectivity index (χ2n) is 0.470. The van der Waals surface area contributed by atoms with Crippen LogP contribution in [0.15, 0.2) is 0 Å². The number of hydrogen-bond donors (Lipinski definition) is 0. The van der Waals surface area contributed by atoms with E-state index in [1.807, 2.05) is 0 Å². The summed E-state index contributed by atoms with van der Waals surface area (Å²) in [5.41, 5.74) is 0. The van der Waals surface area contributed by atoms with Crippen molar-refractivity contribution in [2.45, 2.75) is 6.92 Å². The molecule has 0 N–H and O–H groups in total. The van der Waals surface area contributed by atoms with Gasteiger partial charge in [-0.3, -0.25) is 4.79 Å². The van der Waals surface area contributed by atoms with Gasteiger partial charge in [0.2, 0.25) is 5.24 Å². The Bertz CT molecular complexity index is 33.4. The second-order valence-corrected chi connectivity index (χ2v) is 1.00. The van der Waals surface area contributed by atoms with Gasteiger partial charge in [0, 0.05) is 6.92 Å². The molecule has 0 aromatic carbocycles. The normalized spacial score (nSPS) is 3.25. The molecule has 0 saturated carbocycles. The maximum absolute atomic E-state index is 9.21. The van der Waals surface area contributed by atoms with Crippen LogP contribution >= 0.6 is 61.2 Å². The highest BCUT2D eigenvalue weighted by atomic mass is 35.5. The quantitative estimate of drug-likeness (QED) is 0.578. The van der Waals surface area contributed by atoms with E-state index in [0.717, 1.165) is 0 Å². The smallest absolute Gasteiger partial charge is 0.218 e. The summed E-state index contributed by atoms with van der Waals surface area (Å²) in [6, 6.07) is 0. The predicted molar refractivity (Wildman–Crippen MR) is 45.5 cm³/mol. The van der Waals surface area contributed by atoms with Crippen LogP contribution in [0.4, 0.5) is 0 Å². The first-order valence-corrected chi connectivity index (χ1v) is 1.27. The van der Waals surface area contributed by atoms with Crippen LogP contribution in [0.5, 0.6) is 0 Å². The molecular formula is C2H7Cl5O. The molecule has 0 radical (unpaired) electrons. The van der Waals surface area contributed by atoms with Crippen LogP contribution in [0, 0.1) is 0 Å². The molecule has 0 saturated heterocycles. The molecule has 0 heterocycles. The van der Waals surface area contributed by atoms with Crippen molar-refractivity contribution < 1.29 is 4.79 Å². The minimum Gasteiger partial charge on any atom is -0.282 e. The predicted octanol–water partition coefficient (Wildman–Crippen LogP) is 2.46. The number of halogens is 5. The van der Waals surface area contributed by atoms with Gasteiger partial charge in [-0.05, 0) is 11.6 Å². The lowest BCUT2D eigenvalue weighted by Gasteiger charge is -1.52. The Labute approximate surface area is 78.2 Å². The van der Waals surface area contributed by atoms with Crippen LogP contribution in [-0.2, 0) is 4.79 Å². The van der Waals surface area contributed by atoms with E-state index in [1.165, 1.54) is 6.92 Å². The molecule has 56 valence electrons. The lowest BCUT2D eigenvalue weighted by atomic mass is 10.9. The van der Waals surface area contributed by atoms with Crippen LogP contribution in [0.3, 0.4) is 0 Å². The third kappa shape index (κ3) is 213. The average molecular weight is 224 g/mol. The highest BCUT2D eigenvalue weighted by molar-refractivity contribution is 6.62. The molecular weight excluding hydrogens is 217 g/mol. The zero-order valence-electron chi connectivity index (χ0n) is 3.92. The first-order chi connectivity index (χ1) is 1.73. The van der Waals surface area contributed by atoms with Gasteiger partial charge in [-0.2, -0.15) is 0 Å². The molecule has 0 bridgehead atoms. The van der Waals surface area contributed by atoms with Crippen LogP contribution in [-0.4, -0.2) is 5.24 Å². The first kappa shape index (κ1) is 35.4. The zero-order chi connectivity index (χ0) is 3.58. The minimum absolute atomic E-state index is 0. The lowest BCUT2D eigenvalue weighted by Crippen LogP contribution is -1.62. The average Bonchev–Trinajstić information content (AvgIpc) is 0.811. The van der Waals surface area contributed by atoms with Crippen LogP contribution in [0.25, 0.3) is 0 Å². The topological polar surface area (TPSA) is 17.1 Å². The van der Waals surface area contributed by atoms with E-state index in [1.54, 1.807) is 0 Å². The van der Waals surface area contributed by atoms with Gasteiger partial charge in [0.15, 0.2) is 0 Å². The summed E-state index contributed by atoms with van der Waals surface area (Å²) in [5, 5.41) is -0.361. The van der Waals surface area contributed by atoms with Crippen LogP contribution in [0.2, 0.25) is 0 Å². The molecule has 0 aliphatic rings. The molecule has 6 heteroatoms. The van der Waals surface area contributed by atoms with Crippen molar-refractivity contribution in [2.75, 3.05) is 0 Å². The molecule has 0 fully saturated rings. The van der Waals surface area contributed by atoms with Crippen LogP contribution < -0.4 is 0 Å². The fraction of sp³-hybridized carbons (Fsp3) is 0.500. The monoisotopic (exact) mass is 222 g/mol. The molecule has 0 aromatic rings. The van der Waals surface area contributed by atoms with Crippen molar-refractivity contribution in [3.63, 3.8) is 0 Å². The number of carbonyl (C=O) groups excluding carboxylic acids is 1. The van der Waals surface area contributed by atoms with Crippen LogP contribution in [0.1, 0.15) is 6.92 Å². The van der Waals surface area contributed by atoms with E-state index in [0.29, 0.717) is 0 Å². The molecule has 8 heavy (non-hydrogen) atoms. The molecule has 0 aromatic heterocycles. The Kier molecular flexibility index (Phi) is 107. The van der Waals surface area contributed by atoms with Gasteiger partial charge in [-0.15, -0.1) is 49.6 Å². The number of rotatable bonds is 0. The summed E-state index contributed by atoms with van der Waals surface area (Å²) < 4.78 is 0. The summed E-state index contributed by atoms with van der Waals surface area (Å²) in [5.74, 6) is 0. The SMILES string of the molecule is CC(=O)Cl.Cl.Cl.Cl.Cl.